The zero-order valence-corrected chi connectivity index (χ0v) is 11.6. The van der Waals surface area contributed by atoms with E-state index in [0.717, 1.165) is 23.3 Å². The van der Waals surface area contributed by atoms with Crippen molar-refractivity contribution in [2.24, 2.45) is 0 Å². The second kappa shape index (κ2) is 4.02. The maximum atomic E-state index is 12.2. The van der Waals surface area contributed by atoms with Gasteiger partial charge in [-0.25, -0.2) is 4.79 Å². The second-order valence-corrected chi connectivity index (χ2v) is 6.84. The van der Waals surface area contributed by atoms with Gasteiger partial charge in [-0.2, -0.15) is 0 Å². The van der Waals surface area contributed by atoms with Gasteiger partial charge < -0.3 is 10.5 Å². The summed E-state index contributed by atoms with van der Waals surface area (Å²) in [5.74, 6) is 0.243. The van der Waals surface area contributed by atoms with Gasteiger partial charge in [-0.3, -0.25) is 0 Å². The van der Waals surface area contributed by atoms with E-state index in [1.165, 1.54) is 11.3 Å². The number of carbonyl (C=O) groups is 1. The molecule has 4 heteroatoms. The van der Waals surface area contributed by atoms with E-state index in [1.807, 2.05) is 27.7 Å². The van der Waals surface area contributed by atoms with Crippen molar-refractivity contribution in [3.63, 3.8) is 0 Å². The van der Waals surface area contributed by atoms with Crippen LogP contribution in [0.5, 0.6) is 0 Å². The van der Waals surface area contributed by atoms with Crippen LogP contribution in [0.25, 0.3) is 0 Å². The van der Waals surface area contributed by atoms with Crippen molar-refractivity contribution in [2.45, 2.75) is 52.1 Å². The summed E-state index contributed by atoms with van der Waals surface area (Å²) in [5, 5.41) is 0.596. The Morgan fingerprint density at radius 1 is 1.41 bits per heavy atom. The molecule has 1 heterocycles. The average molecular weight is 253 g/mol. The maximum absolute atomic E-state index is 12.2. The summed E-state index contributed by atoms with van der Waals surface area (Å²) in [6, 6.07) is 0. The molecule has 0 aromatic carbocycles. The molecule has 0 bridgehead atoms. The topological polar surface area (TPSA) is 52.3 Å². The Hall–Kier alpha value is -1.03. The van der Waals surface area contributed by atoms with Crippen LogP contribution in [0.4, 0.5) is 5.00 Å². The van der Waals surface area contributed by atoms with Crippen LogP contribution >= 0.6 is 11.3 Å². The zero-order valence-electron chi connectivity index (χ0n) is 10.8. The van der Waals surface area contributed by atoms with Gasteiger partial charge in [0.25, 0.3) is 0 Å². The Balaban J connectivity index is 2.34. The molecule has 0 unspecified atom stereocenters. The molecular weight excluding hydrogens is 234 g/mol. The van der Waals surface area contributed by atoms with Crippen LogP contribution in [-0.4, -0.2) is 11.6 Å². The van der Waals surface area contributed by atoms with Gasteiger partial charge in [0.05, 0.1) is 5.56 Å². The highest BCUT2D eigenvalue weighted by atomic mass is 32.1. The summed E-state index contributed by atoms with van der Waals surface area (Å²) in [5.41, 5.74) is 7.22. The fraction of sp³-hybridized carbons (Fsp3) is 0.615. The normalized spacial score (nSPS) is 16.0. The minimum Gasteiger partial charge on any atom is -0.456 e. The van der Waals surface area contributed by atoms with Crippen molar-refractivity contribution < 1.29 is 9.53 Å². The third-order valence-corrected chi connectivity index (χ3v) is 3.70. The first kappa shape index (κ1) is 12.4. The van der Waals surface area contributed by atoms with Gasteiger partial charge >= 0.3 is 5.97 Å². The van der Waals surface area contributed by atoms with Gasteiger partial charge in [0, 0.05) is 4.88 Å². The molecule has 0 spiro atoms. The maximum Gasteiger partial charge on any atom is 0.341 e. The lowest BCUT2D eigenvalue weighted by molar-refractivity contribution is 0.00700. The standard InChI is InChI=1S/C13H19NO2S/c1-7-9(8-5-6-8)10(11(14)17-7)12(15)16-13(2,3)4/h8H,5-6,14H2,1-4H3. The lowest BCUT2D eigenvalue weighted by Crippen LogP contribution is -2.24. The molecule has 94 valence electrons. The summed E-state index contributed by atoms with van der Waals surface area (Å²) < 4.78 is 5.42. The summed E-state index contributed by atoms with van der Waals surface area (Å²) >= 11 is 1.50. The van der Waals surface area contributed by atoms with Gasteiger partial charge in [0.15, 0.2) is 0 Å². The van der Waals surface area contributed by atoms with E-state index in [4.69, 9.17) is 10.5 Å². The molecule has 2 rings (SSSR count). The molecule has 1 aliphatic carbocycles. The lowest BCUT2D eigenvalue weighted by Gasteiger charge is -2.20. The highest BCUT2D eigenvalue weighted by molar-refractivity contribution is 7.16. The van der Waals surface area contributed by atoms with Gasteiger partial charge in [-0.05, 0) is 52.0 Å². The predicted molar refractivity (Wildman–Crippen MR) is 70.6 cm³/mol. The highest BCUT2D eigenvalue weighted by Gasteiger charge is 2.34. The van der Waals surface area contributed by atoms with Gasteiger partial charge in [0.1, 0.15) is 10.6 Å². The van der Waals surface area contributed by atoms with Crippen LogP contribution in [0.2, 0.25) is 0 Å². The Kier molecular flexibility index (Phi) is 2.94. The third-order valence-electron chi connectivity index (χ3n) is 2.75. The molecule has 1 aromatic heterocycles. The summed E-state index contributed by atoms with van der Waals surface area (Å²) in [6.45, 7) is 7.65. The van der Waals surface area contributed by atoms with E-state index < -0.39 is 5.60 Å². The third kappa shape index (κ3) is 2.63. The number of ether oxygens (including phenoxy) is 1. The quantitative estimate of drug-likeness (QED) is 0.821. The Labute approximate surface area is 106 Å². The van der Waals surface area contributed by atoms with Gasteiger partial charge in [-0.1, -0.05) is 0 Å². The van der Waals surface area contributed by atoms with E-state index in [9.17, 15) is 4.79 Å². The van der Waals surface area contributed by atoms with Crippen LogP contribution in [-0.2, 0) is 4.74 Å². The number of hydrogen-bond donors (Lipinski definition) is 1. The Morgan fingerprint density at radius 3 is 2.47 bits per heavy atom. The van der Waals surface area contributed by atoms with Crippen LogP contribution in [0, 0.1) is 6.92 Å². The molecule has 17 heavy (non-hydrogen) atoms. The highest BCUT2D eigenvalue weighted by Crippen LogP contribution is 2.47. The number of aryl methyl sites for hydroxylation is 1. The lowest BCUT2D eigenvalue weighted by atomic mass is 10.1. The van der Waals surface area contributed by atoms with Crippen molar-refractivity contribution in [2.75, 3.05) is 5.73 Å². The van der Waals surface area contributed by atoms with Crippen molar-refractivity contribution >= 4 is 22.3 Å². The second-order valence-electron chi connectivity index (χ2n) is 5.59. The van der Waals surface area contributed by atoms with Crippen LogP contribution in [0.3, 0.4) is 0 Å². The number of hydrogen-bond acceptors (Lipinski definition) is 4. The molecule has 0 atom stereocenters. The molecule has 2 N–H and O–H groups in total. The number of thiophene rings is 1. The fourth-order valence-corrected chi connectivity index (χ4v) is 2.99. The number of carbonyl (C=O) groups excluding carboxylic acids is 1. The molecule has 3 nitrogen and oxygen atoms in total. The summed E-state index contributed by atoms with van der Waals surface area (Å²) in [4.78, 5) is 13.3. The molecule has 1 saturated carbocycles. The predicted octanol–water partition coefficient (Wildman–Crippen LogP) is 3.47. The minimum absolute atomic E-state index is 0.277. The minimum atomic E-state index is -0.472. The van der Waals surface area contributed by atoms with Crippen LogP contribution in [0.15, 0.2) is 0 Å². The summed E-state index contributed by atoms with van der Waals surface area (Å²) in [6.07, 6.45) is 2.32. The monoisotopic (exact) mass is 253 g/mol. The number of rotatable bonds is 2. The first-order valence-electron chi connectivity index (χ1n) is 5.91. The van der Waals surface area contributed by atoms with E-state index in [-0.39, 0.29) is 5.97 Å². The summed E-state index contributed by atoms with van der Waals surface area (Å²) in [7, 11) is 0. The van der Waals surface area contributed by atoms with Crippen molar-refractivity contribution in [1.29, 1.82) is 0 Å². The van der Waals surface area contributed by atoms with Crippen molar-refractivity contribution in [3.8, 4) is 0 Å². The number of esters is 1. The van der Waals surface area contributed by atoms with E-state index in [2.05, 4.69) is 0 Å². The molecule has 0 saturated heterocycles. The molecular formula is C13H19NO2S. The SMILES string of the molecule is Cc1sc(N)c(C(=O)OC(C)(C)C)c1C1CC1. The van der Waals surface area contributed by atoms with E-state index >= 15 is 0 Å². The molecule has 0 amide bonds. The van der Waals surface area contributed by atoms with Crippen LogP contribution < -0.4 is 5.73 Å². The molecule has 0 aliphatic heterocycles. The van der Waals surface area contributed by atoms with E-state index in [1.54, 1.807) is 0 Å². The Bertz CT molecular complexity index is 453. The smallest absolute Gasteiger partial charge is 0.341 e. The van der Waals surface area contributed by atoms with Gasteiger partial charge in [-0.15, -0.1) is 11.3 Å². The van der Waals surface area contributed by atoms with Gasteiger partial charge in [0.2, 0.25) is 0 Å². The average Bonchev–Trinajstić information content (AvgIpc) is 2.89. The fourth-order valence-electron chi connectivity index (χ4n) is 1.98. The zero-order chi connectivity index (χ0) is 12.8. The van der Waals surface area contributed by atoms with E-state index in [0.29, 0.717) is 16.5 Å². The first-order chi connectivity index (χ1) is 7.79. The number of nitrogen functional groups attached to an aromatic ring is 1. The first-order valence-corrected chi connectivity index (χ1v) is 6.73. The number of nitrogens with two attached hydrogens (primary N) is 1. The molecule has 1 fully saturated rings. The molecule has 1 aromatic rings. The number of anilines is 1. The Morgan fingerprint density at radius 2 is 2.00 bits per heavy atom. The van der Waals surface area contributed by atoms with Crippen molar-refractivity contribution in [1.82, 2.24) is 0 Å². The van der Waals surface area contributed by atoms with Crippen LogP contribution in [0.1, 0.15) is 60.3 Å². The largest absolute Gasteiger partial charge is 0.456 e. The molecule has 1 aliphatic rings. The van der Waals surface area contributed by atoms with Crippen molar-refractivity contribution in [3.05, 3.63) is 16.0 Å². The molecule has 0 radical (unpaired) electrons.